The zero-order valence-corrected chi connectivity index (χ0v) is 14.4. The van der Waals surface area contributed by atoms with Gasteiger partial charge in [-0.15, -0.1) is 0 Å². The van der Waals surface area contributed by atoms with Crippen molar-refractivity contribution < 1.29 is 25.0 Å². The van der Waals surface area contributed by atoms with E-state index < -0.39 is 17.4 Å². The fraction of sp³-hybridized carbons (Fsp3) is 0.222. The van der Waals surface area contributed by atoms with Crippen LogP contribution in [0.15, 0.2) is 52.0 Å². The molecule has 1 heterocycles. The van der Waals surface area contributed by atoms with Crippen molar-refractivity contribution in [3.05, 3.63) is 57.9 Å². The fourth-order valence-corrected chi connectivity index (χ4v) is 3.44. The Balaban J connectivity index is 3.06. The van der Waals surface area contributed by atoms with E-state index in [1.165, 1.54) is 37.9 Å². The number of aliphatic carboxylic acids is 2. The predicted molar refractivity (Wildman–Crippen MR) is 91.5 cm³/mol. The topological polar surface area (TPSA) is 134 Å². The molecule has 8 nitrogen and oxygen atoms in total. The van der Waals surface area contributed by atoms with E-state index in [0.29, 0.717) is 0 Å². The number of oxime groups is 1. The molecular formula is C18H17N3O5. The Bertz CT molecular complexity index is 923. The Morgan fingerprint density at radius 3 is 2.31 bits per heavy atom. The minimum absolute atomic E-state index is 0.0257. The molecule has 1 aromatic rings. The lowest BCUT2D eigenvalue weighted by Gasteiger charge is -2.41. The highest BCUT2D eigenvalue weighted by Gasteiger charge is 2.49. The smallest absolute Gasteiger partial charge is 0.335 e. The number of carboxylic acid groups (broad SMARTS) is 2. The molecule has 1 aromatic carbocycles. The Kier molecular flexibility index (Phi) is 4.84. The van der Waals surface area contributed by atoms with Gasteiger partial charge >= 0.3 is 11.9 Å². The van der Waals surface area contributed by atoms with E-state index in [9.17, 15) is 25.1 Å². The molecule has 0 aliphatic carbocycles. The number of hydrogen-bond donors (Lipinski definition) is 3. The molecule has 1 aliphatic heterocycles. The molecule has 26 heavy (non-hydrogen) atoms. The third kappa shape index (κ3) is 2.59. The van der Waals surface area contributed by atoms with Gasteiger partial charge in [0.1, 0.15) is 0 Å². The van der Waals surface area contributed by atoms with Crippen LogP contribution in [0.5, 0.6) is 0 Å². The van der Waals surface area contributed by atoms with Crippen molar-refractivity contribution in [3.63, 3.8) is 0 Å². The maximum atomic E-state index is 12.1. The maximum Gasteiger partial charge on any atom is 0.335 e. The van der Waals surface area contributed by atoms with Gasteiger partial charge in [-0.05, 0) is 25.5 Å². The van der Waals surface area contributed by atoms with Crippen molar-refractivity contribution in [2.75, 3.05) is 7.05 Å². The second-order valence-electron chi connectivity index (χ2n) is 5.92. The summed E-state index contributed by atoms with van der Waals surface area (Å²) in [6.45, 7) is 2.97. The van der Waals surface area contributed by atoms with Crippen LogP contribution in [0.1, 0.15) is 25.0 Å². The van der Waals surface area contributed by atoms with Gasteiger partial charge in [0.05, 0.1) is 40.1 Å². The molecular weight excluding hydrogens is 338 g/mol. The molecule has 1 aliphatic rings. The van der Waals surface area contributed by atoms with Crippen molar-refractivity contribution in [1.82, 2.24) is 4.90 Å². The maximum absolute atomic E-state index is 12.1. The Hall–Kier alpha value is -3.60. The molecule has 0 spiro atoms. The number of allylic oxidation sites excluding steroid dienone is 2. The van der Waals surface area contributed by atoms with E-state index in [-0.39, 0.29) is 33.7 Å². The van der Waals surface area contributed by atoms with Crippen LogP contribution in [-0.4, -0.2) is 45.5 Å². The van der Waals surface area contributed by atoms with Gasteiger partial charge in [-0.25, -0.2) is 9.59 Å². The Morgan fingerprint density at radius 2 is 1.81 bits per heavy atom. The van der Waals surface area contributed by atoms with Crippen LogP contribution in [0.3, 0.4) is 0 Å². The molecule has 1 unspecified atom stereocenters. The molecule has 0 radical (unpaired) electrons. The van der Waals surface area contributed by atoms with Gasteiger partial charge in [-0.2, -0.15) is 5.26 Å². The molecule has 0 amide bonds. The summed E-state index contributed by atoms with van der Waals surface area (Å²) in [5.41, 5.74) is -1.42. The van der Waals surface area contributed by atoms with Crippen LogP contribution in [0.2, 0.25) is 0 Å². The van der Waals surface area contributed by atoms with Gasteiger partial charge in [0, 0.05) is 12.7 Å². The minimum Gasteiger partial charge on any atom is -0.478 e. The van der Waals surface area contributed by atoms with Gasteiger partial charge < -0.3 is 20.3 Å². The standard InChI is InChI=1S/C18H17N3O5/c1-10-14(16(22)23)18(2,12-7-5-4-6-11(12)8-19)15(17(24)25)13(9-20-26)21(10)3/h4-7,9,26H,1-3H3,(H,22,23)(H,24,25). The van der Waals surface area contributed by atoms with Gasteiger partial charge in [-0.3, -0.25) is 0 Å². The summed E-state index contributed by atoms with van der Waals surface area (Å²) in [6, 6.07) is 8.21. The van der Waals surface area contributed by atoms with Crippen molar-refractivity contribution in [1.29, 1.82) is 5.26 Å². The van der Waals surface area contributed by atoms with E-state index in [4.69, 9.17) is 5.21 Å². The summed E-state index contributed by atoms with van der Waals surface area (Å²) in [5, 5.41) is 41.1. The van der Waals surface area contributed by atoms with Gasteiger partial charge in [0.15, 0.2) is 0 Å². The number of benzene rings is 1. The van der Waals surface area contributed by atoms with E-state index in [2.05, 4.69) is 5.16 Å². The van der Waals surface area contributed by atoms with Crippen LogP contribution in [-0.2, 0) is 15.0 Å². The summed E-state index contributed by atoms with van der Waals surface area (Å²) in [4.78, 5) is 25.5. The highest BCUT2D eigenvalue weighted by atomic mass is 16.4. The first-order chi connectivity index (χ1) is 12.2. The lowest BCUT2D eigenvalue weighted by atomic mass is 9.65. The van der Waals surface area contributed by atoms with Crippen molar-refractivity contribution >= 4 is 18.2 Å². The van der Waals surface area contributed by atoms with Crippen molar-refractivity contribution in [3.8, 4) is 6.07 Å². The summed E-state index contributed by atoms with van der Waals surface area (Å²) < 4.78 is 0. The third-order valence-corrected chi connectivity index (χ3v) is 4.68. The summed E-state index contributed by atoms with van der Waals surface area (Å²) in [5.74, 6) is -2.68. The van der Waals surface area contributed by atoms with Crippen LogP contribution in [0.4, 0.5) is 0 Å². The van der Waals surface area contributed by atoms with Crippen LogP contribution in [0.25, 0.3) is 0 Å². The van der Waals surface area contributed by atoms with Gasteiger partial charge in [0.25, 0.3) is 0 Å². The molecule has 134 valence electrons. The van der Waals surface area contributed by atoms with Gasteiger partial charge in [-0.1, -0.05) is 23.4 Å². The largest absolute Gasteiger partial charge is 0.478 e. The minimum atomic E-state index is -1.64. The highest BCUT2D eigenvalue weighted by molar-refractivity contribution is 6.04. The summed E-state index contributed by atoms with van der Waals surface area (Å²) in [7, 11) is 1.48. The molecule has 0 saturated heterocycles. The van der Waals surface area contributed by atoms with Crippen LogP contribution >= 0.6 is 0 Å². The lowest BCUT2D eigenvalue weighted by molar-refractivity contribution is -0.134. The zero-order valence-electron chi connectivity index (χ0n) is 14.4. The SMILES string of the molecule is CC1=C(C(=O)O)C(C)(c2ccccc2C#N)C(C(=O)O)=C(C=NO)N1C. The molecule has 0 fully saturated rings. The molecule has 0 aromatic heterocycles. The number of hydrogen-bond acceptors (Lipinski definition) is 6. The van der Waals surface area contributed by atoms with E-state index in [1.54, 1.807) is 12.1 Å². The number of carbonyl (C=O) groups is 2. The number of nitrogens with zero attached hydrogens (tertiary/aromatic N) is 3. The van der Waals surface area contributed by atoms with Crippen LogP contribution in [0, 0.1) is 11.3 Å². The first kappa shape index (κ1) is 18.7. The average Bonchev–Trinajstić information content (AvgIpc) is 2.59. The zero-order chi connectivity index (χ0) is 19.6. The number of carboxylic acids is 2. The molecule has 0 saturated carbocycles. The summed E-state index contributed by atoms with van der Waals surface area (Å²) >= 11 is 0. The average molecular weight is 355 g/mol. The van der Waals surface area contributed by atoms with E-state index in [1.807, 2.05) is 6.07 Å². The monoisotopic (exact) mass is 355 g/mol. The van der Waals surface area contributed by atoms with E-state index in [0.717, 1.165) is 6.21 Å². The number of nitriles is 1. The second-order valence-corrected chi connectivity index (χ2v) is 5.92. The number of rotatable bonds is 4. The van der Waals surface area contributed by atoms with E-state index >= 15 is 0 Å². The molecule has 3 N–H and O–H groups in total. The quantitative estimate of drug-likeness (QED) is 0.426. The molecule has 8 heteroatoms. The highest BCUT2D eigenvalue weighted by Crippen LogP contribution is 2.47. The first-order valence-corrected chi connectivity index (χ1v) is 7.55. The summed E-state index contributed by atoms with van der Waals surface area (Å²) in [6.07, 6.45) is 0.943. The second kappa shape index (κ2) is 6.72. The predicted octanol–water partition coefficient (Wildman–Crippen LogP) is 1.92. The van der Waals surface area contributed by atoms with Crippen molar-refractivity contribution in [2.24, 2.45) is 5.16 Å². The Labute approximate surface area is 149 Å². The molecule has 1 atom stereocenters. The lowest BCUT2D eigenvalue weighted by Crippen LogP contribution is -2.44. The Morgan fingerprint density at radius 1 is 1.23 bits per heavy atom. The van der Waals surface area contributed by atoms with Crippen molar-refractivity contribution in [2.45, 2.75) is 19.3 Å². The fourth-order valence-electron chi connectivity index (χ4n) is 3.44. The molecule has 2 rings (SSSR count). The normalized spacial score (nSPS) is 20.5. The molecule has 0 bridgehead atoms. The third-order valence-electron chi connectivity index (χ3n) is 4.68. The van der Waals surface area contributed by atoms with Crippen LogP contribution < -0.4 is 0 Å². The van der Waals surface area contributed by atoms with Gasteiger partial charge in [0.2, 0.25) is 0 Å². The first-order valence-electron chi connectivity index (χ1n) is 7.55.